The van der Waals surface area contributed by atoms with E-state index in [0.717, 1.165) is 30.5 Å². The minimum absolute atomic E-state index is 0. The summed E-state index contributed by atoms with van der Waals surface area (Å²) < 4.78 is 2.79. The van der Waals surface area contributed by atoms with Crippen LogP contribution in [-0.4, -0.2) is 22.2 Å². The third-order valence-electron chi connectivity index (χ3n) is 2.88. The van der Waals surface area contributed by atoms with Crippen LogP contribution in [0.25, 0.3) is 0 Å². The molecule has 1 N–H and O–H groups in total. The van der Waals surface area contributed by atoms with Gasteiger partial charge in [0.25, 0.3) is 5.56 Å². The highest BCUT2D eigenvalue weighted by molar-refractivity contribution is 5.85. The quantitative estimate of drug-likeness (QED) is 0.752. The highest BCUT2D eigenvalue weighted by Gasteiger charge is 2.16. The van der Waals surface area contributed by atoms with Crippen molar-refractivity contribution in [3.63, 3.8) is 0 Å². The van der Waals surface area contributed by atoms with Crippen LogP contribution in [-0.2, 0) is 7.05 Å². The summed E-state index contributed by atoms with van der Waals surface area (Å²) >= 11 is 0. The number of hydrogen-bond donors (Lipinski definition) is 1. The van der Waals surface area contributed by atoms with Gasteiger partial charge in [-0.3, -0.25) is 13.9 Å². The van der Waals surface area contributed by atoms with Crippen LogP contribution in [0.15, 0.2) is 21.9 Å². The van der Waals surface area contributed by atoms with Gasteiger partial charge in [0.05, 0.1) is 6.04 Å². The molecule has 1 fully saturated rings. The molecule has 1 aromatic rings. The van der Waals surface area contributed by atoms with Gasteiger partial charge >= 0.3 is 5.69 Å². The van der Waals surface area contributed by atoms with Gasteiger partial charge in [0.1, 0.15) is 0 Å². The lowest BCUT2D eigenvalue weighted by atomic mass is 10.1. The second-order valence-corrected chi connectivity index (χ2v) is 3.90. The van der Waals surface area contributed by atoms with Crippen LogP contribution in [0.1, 0.15) is 18.9 Å². The van der Waals surface area contributed by atoms with Crippen molar-refractivity contribution in [1.82, 2.24) is 14.5 Å². The van der Waals surface area contributed by atoms with Gasteiger partial charge in [0, 0.05) is 25.9 Å². The fourth-order valence-electron chi connectivity index (χ4n) is 1.94. The van der Waals surface area contributed by atoms with E-state index in [-0.39, 0.29) is 29.7 Å². The Morgan fingerprint density at radius 2 is 2.19 bits per heavy atom. The highest BCUT2D eigenvalue weighted by Crippen LogP contribution is 2.13. The monoisotopic (exact) mass is 245 g/mol. The molecule has 0 saturated carbocycles. The molecule has 1 aliphatic rings. The lowest BCUT2D eigenvalue weighted by molar-refractivity contribution is 0.354. The summed E-state index contributed by atoms with van der Waals surface area (Å²) in [5, 5.41) is 3.25. The van der Waals surface area contributed by atoms with E-state index in [9.17, 15) is 9.59 Å². The lowest BCUT2D eigenvalue weighted by Crippen LogP contribution is -2.42. The fraction of sp³-hybridized carbons (Fsp3) is 0.600. The second-order valence-electron chi connectivity index (χ2n) is 3.90. The van der Waals surface area contributed by atoms with E-state index in [2.05, 4.69) is 5.32 Å². The van der Waals surface area contributed by atoms with Crippen LogP contribution < -0.4 is 16.6 Å². The van der Waals surface area contributed by atoms with Gasteiger partial charge in [-0.1, -0.05) is 0 Å². The molecule has 0 aromatic carbocycles. The first-order valence-corrected chi connectivity index (χ1v) is 5.19. The SMILES string of the molecule is Cl.Cn1c(=O)ccn(C2CCCNC2)c1=O. The molecule has 90 valence electrons. The minimum atomic E-state index is -0.250. The maximum absolute atomic E-state index is 11.8. The molecule has 1 unspecified atom stereocenters. The van der Waals surface area contributed by atoms with E-state index < -0.39 is 0 Å². The van der Waals surface area contributed by atoms with Crippen molar-refractivity contribution in [2.75, 3.05) is 13.1 Å². The van der Waals surface area contributed by atoms with Gasteiger partial charge in [-0.15, -0.1) is 12.4 Å². The first-order chi connectivity index (χ1) is 7.20. The van der Waals surface area contributed by atoms with Crippen LogP contribution in [0, 0.1) is 0 Å². The predicted molar refractivity (Wildman–Crippen MR) is 64.3 cm³/mol. The van der Waals surface area contributed by atoms with Crippen molar-refractivity contribution in [1.29, 1.82) is 0 Å². The van der Waals surface area contributed by atoms with Gasteiger partial charge in [0.15, 0.2) is 0 Å². The summed E-state index contributed by atoms with van der Waals surface area (Å²) in [4.78, 5) is 23.0. The van der Waals surface area contributed by atoms with Gasteiger partial charge in [-0.05, 0) is 19.4 Å². The standard InChI is InChI=1S/C10H15N3O2.ClH/c1-12-9(14)4-6-13(10(12)15)8-3-2-5-11-7-8;/h4,6,8,11H,2-3,5,7H2,1H3;1H. The van der Waals surface area contributed by atoms with E-state index in [0.29, 0.717) is 0 Å². The second kappa shape index (κ2) is 5.32. The molecule has 5 nitrogen and oxygen atoms in total. The maximum Gasteiger partial charge on any atom is 0.330 e. The van der Waals surface area contributed by atoms with Crippen molar-refractivity contribution < 1.29 is 0 Å². The molecule has 1 aromatic heterocycles. The van der Waals surface area contributed by atoms with Crippen molar-refractivity contribution >= 4 is 12.4 Å². The van der Waals surface area contributed by atoms with Crippen LogP contribution in [0.2, 0.25) is 0 Å². The van der Waals surface area contributed by atoms with Gasteiger partial charge in [-0.2, -0.15) is 0 Å². The normalized spacial score (nSPS) is 20.2. The van der Waals surface area contributed by atoms with E-state index in [4.69, 9.17) is 0 Å². The zero-order chi connectivity index (χ0) is 10.8. The first kappa shape index (κ1) is 13.0. The molecule has 0 amide bonds. The van der Waals surface area contributed by atoms with E-state index in [1.807, 2.05) is 0 Å². The molecule has 2 heterocycles. The zero-order valence-corrected chi connectivity index (χ0v) is 10.00. The fourth-order valence-corrected chi connectivity index (χ4v) is 1.94. The molecule has 1 atom stereocenters. The molecule has 0 bridgehead atoms. The summed E-state index contributed by atoms with van der Waals surface area (Å²) in [6.45, 7) is 1.81. The number of nitrogens with one attached hydrogen (secondary N) is 1. The summed E-state index contributed by atoms with van der Waals surface area (Å²) in [5.74, 6) is 0. The Morgan fingerprint density at radius 3 is 2.81 bits per heavy atom. The molecule has 0 aliphatic carbocycles. The van der Waals surface area contributed by atoms with Crippen molar-refractivity contribution in [3.05, 3.63) is 33.1 Å². The van der Waals surface area contributed by atoms with Gasteiger partial charge < -0.3 is 5.32 Å². The third kappa shape index (κ3) is 2.36. The summed E-state index contributed by atoms with van der Waals surface area (Å²) in [6.07, 6.45) is 3.66. The Bertz CT molecular complexity index is 460. The number of rotatable bonds is 1. The van der Waals surface area contributed by atoms with E-state index >= 15 is 0 Å². The largest absolute Gasteiger partial charge is 0.330 e. The van der Waals surface area contributed by atoms with Gasteiger partial charge in [-0.25, -0.2) is 4.79 Å². The Kier molecular flexibility index (Phi) is 4.32. The Balaban J connectivity index is 0.00000128. The molecule has 0 radical (unpaired) electrons. The average molecular weight is 246 g/mol. The summed E-state index contributed by atoms with van der Waals surface area (Å²) in [5.41, 5.74) is -0.476. The molecule has 2 rings (SSSR count). The molecule has 0 spiro atoms. The number of piperidine rings is 1. The molecule has 1 saturated heterocycles. The molecule has 16 heavy (non-hydrogen) atoms. The topological polar surface area (TPSA) is 56.0 Å². The molecular formula is C10H16ClN3O2. The van der Waals surface area contributed by atoms with Crippen LogP contribution >= 0.6 is 12.4 Å². The third-order valence-corrected chi connectivity index (χ3v) is 2.88. The highest BCUT2D eigenvalue weighted by atomic mass is 35.5. The molecule has 6 heteroatoms. The summed E-state index contributed by atoms with van der Waals surface area (Å²) in [7, 11) is 1.51. The Hall–Kier alpha value is -1.07. The van der Waals surface area contributed by atoms with Crippen molar-refractivity contribution in [2.24, 2.45) is 7.05 Å². The van der Waals surface area contributed by atoms with Crippen molar-refractivity contribution in [3.8, 4) is 0 Å². The number of aromatic nitrogens is 2. The summed E-state index contributed by atoms with van der Waals surface area (Å²) in [6, 6.07) is 1.62. The zero-order valence-electron chi connectivity index (χ0n) is 9.18. The van der Waals surface area contributed by atoms with Crippen LogP contribution in [0.4, 0.5) is 0 Å². The van der Waals surface area contributed by atoms with Crippen LogP contribution in [0.3, 0.4) is 0 Å². The van der Waals surface area contributed by atoms with Gasteiger partial charge in [0.2, 0.25) is 0 Å². The Morgan fingerprint density at radius 1 is 1.44 bits per heavy atom. The van der Waals surface area contributed by atoms with Crippen molar-refractivity contribution in [2.45, 2.75) is 18.9 Å². The number of nitrogens with zero attached hydrogens (tertiary/aromatic N) is 2. The number of halogens is 1. The molecule has 1 aliphatic heterocycles. The maximum atomic E-state index is 11.8. The first-order valence-electron chi connectivity index (χ1n) is 5.19. The average Bonchev–Trinajstić information content (AvgIpc) is 2.27. The van der Waals surface area contributed by atoms with Crippen LogP contribution in [0.5, 0.6) is 0 Å². The predicted octanol–water partition coefficient (Wildman–Crippen LogP) is -0.107. The minimum Gasteiger partial charge on any atom is -0.315 e. The van der Waals surface area contributed by atoms with E-state index in [1.165, 1.54) is 13.1 Å². The van der Waals surface area contributed by atoms with E-state index in [1.54, 1.807) is 10.8 Å². The molecular weight excluding hydrogens is 230 g/mol. The smallest absolute Gasteiger partial charge is 0.315 e. The Labute approximate surface area is 99.5 Å². The number of hydrogen-bond acceptors (Lipinski definition) is 3. The lowest BCUT2D eigenvalue weighted by Gasteiger charge is -2.24.